The Morgan fingerprint density at radius 3 is 2.75 bits per heavy atom. The fraction of sp³-hybridized carbons (Fsp3) is 0.462. The SMILES string of the molecule is CC(=O)Nc1cc2c(cc1[N+](=O)[O-])OC(C)(C)[C@H]1O[C@@H]21. The number of nitro groups is 1. The third-order valence-electron chi connectivity index (χ3n) is 3.49. The summed E-state index contributed by atoms with van der Waals surface area (Å²) in [6.45, 7) is 5.07. The van der Waals surface area contributed by atoms with Crippen molar-refractivity contribution >= 4 is 17.3 Å². The van der Waals surface area contributed by atoms with Crippen LogP contribution in [0.25, 0.3) is 0 Å². The van der Waals surface area contributed by atoms with E-state index in [1.165, 1.54) is 13.0 Å². The molecule has 20 heavy (non-hydrogen) atoms. The Balaban J connectivity index is 2.09. The molecule has 2 atom stereocenters. The predicted molar refractivity (Wildman–Crippen MR) is 69.7 cm³/mol. The maximum atomic E-state index is 11.2. The van der Waals surface area contributed by atoms with Gasteiger partial charge in [-0.3, -0.25) is 14.9 Å². The zero-order valence-electron chi connectivity index (χ0n) is 11.3. The van der Waals surface area contributed by atoms with Gasteiger partial charge in [-0.05, 0) is 19.9 Å². The van der Waals surface area contributed by atoms with Crippen molar-refractivity contribution in [1.82, 2.24) is 0 Å². The molecule has 7 heteroatoms. The molecule has 2 aliphatic rings. The third kappa shape index (κ3) is 1.90. The van der Waals surface area contributed by atoms with Crippen LogP contribution in [0.3, 0.4) is 0 Å². The lowest BCUT2D eigenvalue weighted by molar-refractivity contribution is -0.384. The largest absolute Gasteiger partial charge is 0.484 e. The summed E-state index contributed by atoms with van der Waals surface area (Å²) < 4.78 is 11.4. The highest BCUT2D eigenvalue weighted by Crippen LogP contribution is 2.55. The standard InChI is InChI=1S/C13H14N2O5/c1-6(16)14-8-4-7-10(5-9(8)15(17)18)20-13(2,3)12-11(7)19-12/h4-5,11-12H,1-3H3,(H,14,16)/t11-,12-/m0/s1. The van der Waals surface area contributed by atoms with E-state index in [1.54, 1.807) is 6.07 Å². The molecule has 2 aliphatic heterocycles. The molecular weight excluding hydrogens is 264 g/mol. The summed E-state index contributed by atoms with van der Waals surface area (Å²) in [5.74, 6) is 0.0768. The summed E-state index contributed by atoms with van der Waals surface area (Å²) in [5, 5.41) is 13.6. The van der Waals surface area contributed by atoms with E-state index in [9.17, 15) is 14.9 Å². The number of hydrogen-bond acceptors (Lipinski definition) is 5. The van der Waals surface area contributed by atoms with Crippen molar-refractivity contribution in [2.45, 2.75) is 38.6 Å². The van der Waals surface area contributed by atoms with Crippen LogP contribution in [-0.2, 0) is 9.53 Å². The van der Waals surface area contributed by atoms with Gasteiger partial charge >= 0.3 is 0 Å². The summed E-state index contributed by atoms with van der Waals surface area (Å²) in [6, 6.07) is 2.91. The predicted octanol–water partition coefficient (Wildman–Crippen LogP) is 2.16. The number of epoxide rings is 1. The molecule has 0 spiro atoms. The highest BCUT2D eigenvalue weighted by molar-refractivity contribution is 5.91. The second-order valence-corrected chi connectivity index (χ2v) is 5.53. The van der Waals surface area contributed by atoms with Crippen LogP contribution in [-0.4, -0.2) is 22.5 Å². The van der Waals surface area contributed by atoms with Crippen molar-refractivity contribution in [3.63, 3.8) is 0 Å². The van der Waals surface area contributed by atoms with Crippen LogP contribution in [0.5, 0.6) is 5.75 Å². The second-order valence-electron chi connectivity index (χ2n) is 5.53. The zero-order valence-corrected chi connectivity index (χ0v) is 11.3. The van der Waals surface area contributed by atoms with Crippen LogP contribution in [0.1, 0.15) is 32.4 Å². The molecule has 1 fully saturated rings. The number of nitro benzene ring substituents is 1. The van der Waals surface area contributed by atoms with E-state index in [1.807, 2.05) is 13.8 Å². The average Bonchev–Trinajstić information content (AvgIpc) is 3.09. The molecule has 3 rings (SSSR count). The van der Waals surface area contributed by atoms with Crippen LogP contribution in [0.2, 0.25) is 0 Å². The number of ether oxygens (including phenoxy) is 2. The molecule has 1 aromatic rings. The van der Waals surface area contributed by atoms with Gasteiger partial charge in [0.15, 0.2) is 0 Å². The molecule has 0 aliphatic carbocycles. The Labute approximate surface area is 115 Å². The van der Waals surface area contributed by atoms with Gasteiger partial charge in [0.2, 0.25) is 5.91 Å². The van der Waals surface area contributed by atoms with Gasteiger partial charge in [-0.25, -0.2) is 0 Å². The number of rotatable bonds is 2. The van der Waals surface area contributed by atoms with Crippen molar-refractivity contribution in [2.24, 2.45) is 0 Å². The number of nitrogens with zero attached hydrogens (tertiary/aromatic N) is 1. The van der Waals surface area contributed by atoms with Crippen molar-refractivity contribution in [3.05, 3.63) is 27.8 Å². The molecule has 106 valence electrons. The summed E-state index contributed by atoms with van der Waals surface area (Å²) in [4.78, 5) is 21.7. The van der Waals surface area contributed by atoms with Crippen molar-refractivity contribution < 1.29 is 19.2 Å². The first-order chi connectivity index (χ1) is 9.29. The minimum atomic E-state index is -0.540. The Kier molecular flexibility index (Phi) is 2.52. The Hall–Kier alpha value is -2.15. The van der Waals surface area contributed by atoms with Gasteiger partial charge in [0.25, 0.3) is 5.69 Å². The second kappa shape index (κ2) is 3.92. The van der Waals surface area contributed by atoms with E-state index in [0.717, 1.165) is 5.56 Å². The molecule has 0 aromatic heterocycles. The third-order valence-corrected chi connectivity index (χ3v) is 3.49. The number of hydrogen-bond donors (Lipinski definition) is 1. The average molecular weight is 278 g/mol. The first-order valence-electron chi connectivity index (χ1n) is 6.24. The molecule has 0 unspecified atom stereocenters. The first kappa shape index (κ1) is 12.9. The molecule has 0 radical (unpaired) electrons. The maximum absolute atomic E-state index is 11.2. The lowest BCUT2D eigenvalue weighted by Crippen LogP contribution is -2.37. The lowest BCUT2D eigenvalue weighted by atomic mass is 9.93. The summed E-state index contributed by atoms with van der Waals surface area (Å²) in [5.41, 5.74) is 0.206. The van der Waals surface area contributed by atoms with E-state index in [4.69, 9.17) is 9.47 Å². The van der Waals surface area contributed by atoms with Gasteiger partial charge in [0.05, 0.1) is 11.0 Å². The number of nitrogens with one attached hydrogen (secondary N) is 1. The van der Waals surface area contributed by atoms with Gasteiger partial charge in [0, 0.05) is 12.5 Å². The first-order valence-corrected chi connectivity index (χ1v) is 6.24. The van der Waals surface area contributed by atoms with Gasteiger partial charge in [-0.2, -0.15) is 0 Å². The maximum Gasteiger partial charge on any atom is 0.296 e. The molecule has 1 amide bonds. The van der Waals surface area contributed by atoms with Crippen molar-refractivity contribution in [2.75, 3.05) is 5.32 Å². The Morgan fingerprint density at radius 1 is 1.45 bits per heavy atom. The van der Waals surface area contributed by atoms with Gasteiger partial charge < -0.3 is 14.8 Å². The molecule has 2 heterocycles. The normalized spacial score (nSPS) is 24.9. The number of fused-ring (bicyclic) bond motifs is 3. The van der Waals surface area contributed by atoms with Gasteiger partial charge in [0.1, 0.15) is 29.2 Å². The summed E-state index contributed by atoms with van der Waals surface area (Å²) in [6.07, 6.45) is -0.177. The van der Waals surface area contributed by atoms with Crippen molar-refractivity contribution in [3.8, 4) is 5.75 Å². The van der Waals surface area contributed by atoms with Crippen LogP contribution in [0.15, 0.2) is 12.1 Å². The highest BCUT2D eigenvalue weighted by atomic mass is 16.6. The van der Waals surface area contributed by atoms with Crippen molar-refractivity contribution in [1.29, 1.82) is 0 Å². The van der Waals surface area contributed by atoms with Crippen LogP contribution in [0, 0.1) is 10.1 Å². The van der Waals surface area contributed by atoms with Gasteiger partial charge in [-0.1, -0.05) is 0 Å². The van der Waals surface area contributed by atoms with E-state index in [-0.39, 0.29) is 29.5 Å². The number of benzene rings is 1. The van der Waals surface area contributed by atoms with E-state index >= 15 is 0 Å². The molecular formula is C13H14N2O5. The quantitative estimate of drug-likeness (QED) is 0.508. The fourth-order valence-corrected chi connectivity index (χ4v) is 2.56. The summed E-state index contributed by atoms with van der Waals surface area (Å²) in [7, 11) is 0. The molecule has 0 bridgehead atoms. The number of amides is 1. The zero-order chi connectivity index (χ0) is 14.7. The minimum absolute atomic E-state index is 0.0540. The Morgan fingerprint density at radius 2 is 2.15 bits per heavy atom. The Bertz CT molecular complexity index is 625. The van der Waals surface area contributed by atoms with E-state index < -0.39 is 10.5 Å². The van der Waals surface area contributed by atoms with E-state index in [0.29, 0.717) is 5.75 Å². The molecule has 1 aromatic carbocycles. The molecule has 1 N–H and O–H groups in total. The molecule has 0 saturated carbocycles. The monoisotopic (exact) mass is 278 g/mol. The van der Waals surface area contributed by atoms with Crippen LogP contribution < -0.4 is 10.1 Å². The van der Waals surface area contributed by atoms with Gasteiger partial charge in [-0.15, -0.1) is 0 Å². The number of carbonyl (C=O) groups is 1. The van der Waals surface area contributed by atoms with Crippen LogP contribution in [0.4, 0.5) is 11.4 Å². The van der Waals surface area contributed by atoms with E-state index in [2.05, 4.69) is 5.32 Å². The lowest BCUT2D eigenvalue weighted by Gasteiger charge is -2.29. The highest BCUT2D eigenvalue weighted by Gasteiger charge is 2.57. The topological polar surface area (TPSA) is 94.0 Å². The minimum Gasteiger partial charge on any atom is -0.484 e. The fourth-order valence-electron chi connectivity index (χ4n) is 2.56. The smallest absolute Gasteiger partial charge is 0.296 e. The number of carbonyl (C=O) groups excluding carboxylic acids is 1. The number of anilines is 1. The van der Waals surface area contributed by atoms with Crippen LogP contribution >= 0.6 is 0 Å². The molecule has 1 saturated heterocycles. The molecule has 7 nitrogen and oxygen atoms in total. The summed E-state index contributed by atoms with van der Waals surface area (Å²) >= 11 is 0.